The maximum Gasteiger partial charge on any atom is 0.323 e. The Balaban J connectivity index is 1.32. The van der Waals surface area contributed by atoms with Crippen LogP contribution in [0.5, 0.6) is 17.2 Å². The summed E-state index contributed by atoms with van der Waals surface area (Å²) in [4.78, 5) is 42.7. The molecule has 0 spiro atoms. The first-order valence-electron chi connectivity index (χ1n) is 15.4. The summed E-state index contributed by atoms with van der Waals surface area (Å²) in [6.07, 6.45) is 5.03. The summed E-state index contributed by atoms with van der Waals surface area (Å²) in [5.41, 5.74) is 1.61. The van der Waals surface area contributed by atoms with E-state index in [1.54, 1.807) is 53.2 Å². The van der Waals surface area contributed by atoms with Gasteiger partial charge in [-0.1, -0.05) is 26.2 Å². The van der Waals surface area contributed by atoms with Crippen LogP contribution in [0, 0.1) is 5.92 Å². The van der Waals surface area contributed by atoms with Gasteiger partial charge in [-0.15, -0.1) is 0 Å². The topological polar surface area (TPSA) is 142 Å². The Kier molecular flexibility index (Phi) is 9.99. The number of urea groups is 2. The highest BCUT2D eigenvalue weighted by atomic mass is 16.7. The number of ether oxygens (including phenoxy) is 3. The molecular weight excluding hydrogens is 566 g/mol. The number of carbonyl (C=O) groups is 3. The number of likely N-dealkylation sites (N-methyl/N-ethyl adjacent to an activating group) is 1. The predicted molar refractivity (Wildman–Crippen MR) is 165 cm³/mol. The number of nitrogens with zero attached hydrogens (tertiary/aromatic N) is 2. The van der Waals surface area contributed by atoms with E-state index in [1.165, 1.54) is 6.42 Å². The number of hydrogen-bond donors (Lipinski definition) is 4. The number of carbonyl (C=O) groups excluding carboxylic acids is 3. The molecule has 5 amide bonds. The Morgan fingerprint density at radius 3 is 2.43 bits per heavy atom. The molecule has 1 fully saturated rings. The average Bonchev–Trinajstić information content (AvgIpc) is 3.49. The van der Waals surface area contributed by atoms with E-state index >= 15 is 0 Å². The predicted octanol–water partition coefficient (Wildman–Crippen LogP) is 4.18. The van der Waals surface area contributed by atoms with Crippen molar-refractivity contribution in [2.45, 2.75) is 70.6 Å². The number of benzene rings is 2. The van der Waals surface area contributed by atoms with Crippen molar-refractivity contribution in [3.05, 3.63) is 42.0 Å². The number of nitrogens with one attached hydrogen (secondary N) is 3. The van der Waals surface area contributed by atoms with Gasteiger partial charge in [0, 0.05) is 48.6 Å². The van der Waals surface area contributed by atoms with Crippen LogP contribution in [0.25, 0.3) is 0 Å². The van der Waals surface area contributed by atoms with E-state index in [9.17, 15) is 19.5 Å². The molecule has 1 aliphatic carbocycles. The molecule has 1 saturated carbocycles. The molecule has 0 radical (unpaired) electrons. The SMILES string of the molecule is C[C@@H]1CN([C@@H](C)CO)C(=O)Cc2cc(NC(=O)Nc3ccc4c(c3)OCO4)ccc2O[C@@H]1CN(C)C(=O)NC1CCCCC1. The van der Waals surface area contributed by atoms with E-state index in [0.29, 0.717) is 47.3 Å². The maximum absolute atomic E-state index is 13.5. The minimum Gasteiger partial charge on any atom is -0.488 e. The molecule has 2 aromatic carbocycles. The van der Waals surface area contributed by atoms with Crippen molar-refractivity contribution >= 4 is 29.3 Å². The van der Waals surface area contributed by atoms with Gasteiger partial charge in [-0.2, -0.15) is 0 Å². The second kappa shape index (κ2) is 14.1. The molecule has 2 aliphatic heterocycles. The summed E-state index contributed by atoms with van der Waals surface area (Å²) >= 11 is 0. The summed E-state index contributed by atoms with van der Waals surface area (Å²) in [6, 6.07) is 9.49. The standard InChI is InChI=1S/C32H43N5O7/c1-20-16-37(21(2)18-38)30(39)14-22-13-24(33-31(40)34-25-10-12-27-28(15-25)43-19-42-27)9-11-26(22)44-29(20)17-36(3)32(41)35-23-7-5-4-6-8-23/h9-13,15,20-21,23,29,38H,4-8,14,16-19H2,1-3H3,(H,35,41)(H2,33,34,40)/t20-,21+,29-/m1/s1. The molecule has 238 valence electrons. The van der Waals surface area contributed by atoms with Crippen LogP contribution in [0.15, 0.2) is 36.4 Å². The van der Waals surface area contributed by atoms with Crippen LogP contribution in [0.1, 0.15) is 51.5 Å². The van der Waals surface area contributed by atoms with Crippen molar-refractivity contribution in [2.75, 3.05) is 44.2 Å². The van der Waals surface area contributed by atoms with Gasteiger partial charge in [-0.3, -0.25) is 4.79 Å². The van der Waals surface area contributed by atoms with Crippen LogP contribution in [0.4, 0.5) is 21.0 Å². The minimum atomic E-state index is -0.466. The lowest BCUT2D eigenvalue weighted by atomic mass is 9.96. The Hall–Kier alpha value is -4.19. The van der Waals surface area contributed by atoms with Crippen molar-refractivity contribution in [2.24, 2.45) is 5.92 Å². The van der Waals surface area contributed by atoms with Gasteiger partial charge >= 0.3 is 12.1 Å². The largest absolute Gasteiger partial charge is 0.488 e. The molecule has 0 aromatic heterocycles. The Bertz CT molecular complexity index is 1350. The molecular formula is C32H43N5O7. The molecule has 0 unspecified atom stereocenters. The van der Waals surface area contributed by atoms with E-state index in [0.717, 1.165) is 25.7 Å². The molecule has 0 saturated heterocycles. The number of amides is 5. The Morgan fingerprint density at radius 2 is 1.70 bits per heavy atom. The van der Waals surface area contributed by atoms with Gasteiger partial charge in [0.2, 0.25) is 12.7 Å². The summed E-state index contributed by atoms with van der Waals surface area (Å²) in [7, 11) is 1.76. The lowest BCUT2D eigenvalue weighted by molar-refractivity contribution is -0.134. The molecule has 3 atom stereocenters. The maximum atomic E-state index is 13.5. The van der Waals surface area contributed by atoms with Crippen molar-refractivity contribution in [1.29, 1.82) is 0 Å². The number of hydrogen-bond acceptors (Lipinski definition) is 7. The van der Waals surface area contributed by atoms with Crippen molar-refractivity contribution in [3.8, 4) is 17.2 Å². The van der Waals surface area contributed by atoms with E-state index in [-0.39, 0.29) is 43.7 Å². The molecule has 2 heterocycles. The van der Waals surface area contributed by atoms with Gasteiger partial charge in [0.15, 0.2) is 11.5 Å². The van der Waals surface area contributed by atoms with E-state index < -0.39 is 18.2 Å². The van der Waals surface area contributed by atoms with Crippen LogP contribution in [-0.2, 0) is 11.2 Å². The smallest absolute Gasteiger partial charge is 0.323 e. The number of aliphatic hydroxyl groups excluding tert-OH is 1. The van der Waals surface area contributed by atoms with Crippen molar-refractivity contribution in [1.82, 2.24) is 15.1 Å². The summed E-state index contributed by atoms with van der Waals surface area (Å²) < 4.78 is 17.2. The summed E-state index contributed by atoms with van der Waals surface area (Å²) in [5.74, 6) is 1.38. The normalized spacial score (nSPS) is 20.7. The number of anilines is 2. The van der Waals surface area contributed by atoms with Gasteiger partial charge in [-0.25, -0.2) is 9.59 Å². The highest BCUT2D eigenvalue weighted by Crippen LogP contribution is 2.34. The number of fused-ring (bicyclic) bond motifs is 2. The third-order valence-corrected chi connectivity index (χ3v) is 8.54. The second-order valence-corrected chi connectivity index (χ2v) is 12.0. The van der Waals surface area contributed by atoms with E-state index in [1.807, 2.05) is 13.8 Å². The molecule has 12 nitrogen and oxygen atoms in total. The fourth-order valence-corrected chi connectivity index (χ4v) is 5.88. The fourth-order valence-electron chi connectivity index (χ4n) is 5.88. The molecule has 5 rings (SSSR count). The molecule has 4 N–H and O–H groups in total. The minimum absolute atomic E-state index is 0.0242. The molecule has 12 heteroatoms. The first kappa shape index (κ1) is 31.2. The number of aliphatic hydroxyl groups is 1. The molecule has 0 bridgehead atoms. The lowest BCUT2D eigenvalue weighted by Crippen LogP contribution is -2.50. The van der Waals surface area contributed by atoms with Gasteiger partial charge in [0.25, 0.3) is 0 Å². The molecule has 44 heavy (non-hydrogen) atoms. The van der Waals surface area contributed by atoms with Gasteiger partial charge in [0.05, 0.1) is 25.6 Å². The Morgan fingerprint density at radius 1 is 1.02 bits per heavy atom. The van der Waals surface area contributed by atoms with Crippen LogP contribution in [0.3, 0.4) is 0 Å². The quantitative estimate of drug-likeness (QED) is 0.369. The van der Waals surface area contributed by atoms with Crippen LogP contribution >= 0.6 is 0 Å². The van der Waals surface area contributed by atoms with E-state index in [2.05, 4.69) is 16.0 Å². The van der Waals surface area contributed by atoms with Gasteiger partial charge in [-0.05, 0) is 50.1 Å². The average molecular weight is 610 g/mol. The molecule has 2 aromatic rings. The summed E-state index contributed by atoms with van der Waals surface area (Å²) in [5, 5.41) is 18.7. The van der Waals surface area contributed by atoms with Crippen molar-refractivity contribution in [3.63, 3.8) is 0 Å². The number of rotatable bonds is 7. The summed E-state index contributed by atoms with van der Waals surface area (Å²) in [6.45, 7) is 4.43. The second-order valence-electron chi connectivity index (χ2n) is 12.0. The van der Waals surface area contributed by atoms with Crippen molar-refractivity contribution < 1.29 is 33.7 Å². The van der Waals surface area contributed by atoms with Crippen LogP contribution in [-0.4, -0.2) is 84.6 Å². The van der Waals surface area contributed by atoms with E-state index in [4.69, 9.17) is 14.2 Å². The molecule has 3 aliphatic rings. The third-order valence-electron chi connectivity index (χ3n) is 8.54. The first-order valence-corrected chi connectivity index (χ1v) is 15.4. The fraction of sp³-hybridized carbons (Fsp3) is 0.531. The first-order chi connectivity index (χ1) is 21.2. The highest BCUT2D eigenvalue weighted by molar-refractivity contribution is 6.00. The zero-order valence-corrected chi connectivity index (χ0v) is 25.6. The lowest BCUT2D eigenvalue weighted by Gasteiger charge is -2.34. The monoisotopic (exact) mass is 609 g/mol. The third kappa shape index (κ3) is 7.65. The highest BCUT2D eigenvalue weighted by Gasteiger charge is 2.32. The van der Waals surface area contributed by atoms with Gasteiger partial charge in [0.1, 0.15) is 11.9 Å². The van der Waals surface area contributed by atoms with Crippen LogP contribution in [0.2, 0.25) is 0 Å². The van der Waals surface area contributed by atoms with Crippen LogP contribution < -0.4 is 30.2 Å². The Labute approximate surface area is 258 Å². The van der Waals surface area contributed by atoms with Gasteiger partial charge < -0.3 is 45.1 Å². The zero-order chi connectivity index (χ0) is 31.2. The zero-order valence-electron chi connectivity index (χ0n) is 25.6.